The van der Waals surface area contributed by atoms with Crippen LogP contribution in [0.25, 0.3) is 0 Å². The highest BCUT2D eigenvalue weighted by molar-refractivity contribution is 6.30. The van der Waals surface area contributed by atoms with Gasteiger partial charge in [0.05, 0.1) is 7.11 Å². The molecule has 100 valence electrons. The third-order valence-electron chi connectivity index (χ3n) is 4.47. The Kier molecular flexibility index (Phi) is 3.61. The fourth-order valence-electron chi connectivity index (χ4n) is 3.06. The Labute approximate surface area is 114 Å². The van der Waals surface area contributed by atoms with Gasteiger partial charge < -0.3 is 10.5 Å². The first-order valence-electron chi connectivity index (χ1n) is 6.54. The Morgan fingerprint density at radius 3 is 2.50 bits per heavy atom. The largest absolute Gasteiger partial charge is 0.496 e. The summed E-state index contributed by atoms with van der Waals surface area (Å²) in [6.07, 6.45) is 4.53. The van der Waals surface area contributed by atoms with Crippen molar-refractivity contribution >= 4 is 11.6 Å². The molecule has 1 atom stereocenters. The van der Waals surface area contributed by atoms with Crippen molar-refractivity contribution in [2.75, 3.05) is 7.11 Å². The van der Waals surface area contributed by atoms with E-state index in [9.17, 15) is 0 Å². The maximum atomic E-state index is 6.76. The Morgan fingerprint density at radius 1 is 1.22 bits per heavy atom. The first kappa shape index (κ1) is 13.7. The third-order valence-corrected chi connectivity index (χ3v) is 4.71. The molecular weight excluding hydrogens is 246 g/mol. The highest BCUT2D eigenvalue weighted by Gasteiger charge is 2.46. The molecule has 18 heavy (non-hydrogen) atoms. The van der Waals surface area contributed by atoms with Gasteiger partial charge in [-0.2, -0.15) is 0 Å². The van der Waals surface area contributed by atoms with Crippen LogP contribution >= 0.6 is 11.6 Å². The van der Waals surface area contributed by atoms with Crippen molar-refractivity contribution in [3.05, 3.63) is 28.8 Å². The molecule has 0 aromatic heterocycles. The van der Waals surface area contributed by atoms with Crippen LogP contribution in [-0.4, -0.2) is 7.11 Å². The fraction of sp³-hybridized carbons (Fsp3) is 0.600. The van der Waals surface area contributed by atoms with Crippen LogP contribution in [0.4, 0.5) is 0 Å². The van der Waals surface area contributed by atoms with E-state index >= 15 is 0 Å². The van der Waals surface area contributed by atoms with Gasteiger partial charge in [0.25, 0.3) is 0 Å². The van der Waals surface area contributed by atoms with Gasteiger partial charge in [0.15, 0.2) is 0 Å². The van der Waals surface area contributed by atoms with Crippen LogP contribution in [0.2, 0.25) is 5.02 Å². The van der Waals surface area contributed by atoms with Crippen molar-refractivity contribution < 1.29 is 4.74 Å². The van der Waals surface area contributed by atoms with E-state index in [1.54, 1.807) is 7.11 Å². The summed E-state index contributed by atoms with van der Waals surface area (Å²) < 4.78 is 5.47. The summed E-state index contributed by atoms with van der Waals surface area (Å²) in [5.41, 5.74) is 7.51. The minimum Gasteiger partial charge on any atom is -0.496 e. The number of methoxy groups -OCH3 is 1. The van der Waals surface area contributed by atoms with Crippen molar-refractivity contribution in [2.45, 2.75) is 45.1 Å². The standard InChI is InChI=1S/C15H22ClNO/c1-14(2)8-4-5-9-15(14,17)12-10-11(16)6-7-13(12)18-3/h6-7,10H,4-5,8-9,17H2,1-3H3. The van der Waals surface area contributed by atoms with Crippen LogP contribution in [0.15, 0.2) is 18.2 Å². The molecule has 3 heteroatoms. The van der Waals surface area contributed by atoms with Crippen LogP contribution in [0, 0.1) is 5.41 Å². The summed E-state index contributed by atoms with van der Waals surface area (Å²) in [5.74, 6) is 0.844. The maximum Gasteiger partial charge on any atom is 0.124 e. The van der Waals surface area contributed by atoms with Gasteiger partial charge in [-0.3, -0.25) is 0 Å². The Morgan fingerprint density at radius 2 is 1.89 bits per heavy atom. The van der Waals surface area contributed by atoms with Crippen molar-refractivity contribution in [2.24, 2.45) is 11.1 Å². The molecule has 0 saturated heterocycles. The lowest BCUT2D eigenvalue weighted by atomic mass is 9.60. The van der Waals surface area contributed by atoms with Gasteiger partial charge in [-0.05, 0) is 36.5 Å². The number of ether oxygens (including phenoxy) is 1. The van der Waals surface area contributed by atoms with Gasteiger partial charge in [0.2, 0.25) is 0 Å². The first-order valence-corrected chi connectivity index (χ1v) is 6.91. The first-order chi connectivity index (χ1) is 8.40. The second-order valence-electron chi connectivity index (χ2n) is 5.91. The molecule has 0 radical (unpaired) electrons. The smallest absolute Gasteiger partial charge is 0.124 e. The maximum absolute atomic E-state index is 6.76. The van der Waals surface area contributed by atoms with Crippen LogP contribution < -0.4 is 10.5 Å². The lowest BCUT2D eigenvalue weighted by molar-refractivity contribution is 0.0952. The summed E-state index contributed by atoms with van der Waals surface area (Å²) in [4.78, 5) is 0. The molecule has 2 nitrogen and oxygen atoms in total. The lowest BCUT2D eigenvalue weighted by Gasteiger charge is -2.48. The lowest BCUT2D eigenvalue weighted by Crippen LogP contribution is -2.52. The number of hydrogen-bond donors (Lipinski definition) is 1. The molecule has 0 amide bonds. The predicted molar refractivity (Wildman–Crippen MR) is 76.1 cm³/mol. The minimum atomic E-state index is -0.360. The monoisotopic (exact) mass is 267 g/mol. The average Bonchev–Trinajstić information content (AvgIpc) is 2.33. The molecule has 0 bridgehead atoms. The van der Waals surface area contributed by atoms with Crippen molar-refractivity contribution in [1.29, 1.82) is 0 Å². The van der Waals surface area contributed by atoms with E-state index in [1.807, 2.05) is 18.2 Å². The molecule has 0 spiro atoms. The van der Waals surface area contributed by atoms with Gasteiger partial charge in [-0.1, -0.05) is 38.3 Å². The van der Waals surface area contributed by atoms with Crippen LogP contribution in [0.5, 0.6) is 5.75 Å². The van der Waals surface area contributed by atoms with E-state index in [2.05, 4.69) is 13.8 Å². The van der Waals surface area contributed by atoms with Crippen LogP contribution in [0.1, 0.15) is 45.1 Å². The molecule has 1 aromatic carbocycles. The predicted octanol–water partition coefficient (Wildman–Crippen LogP) is 4.10. The van der Waals surface area contributed by atoms with Gasteiger partial charge in [0, 0.05) is 16.1 Å². The highest BCUT2D eigenvalue weighted by Crippen LogP contribution is 2.50. The van der Waals surface area contributed by atoms with Gasteiger partial charge >= 0.3 is 0 Å². The number of nitrogens with two attached hydrogens (primary N) is 1. The molecular formula is C15H22ClNO. The fourth-order valence-corrected chi connectivity index (χ4v) is 3.23. The number of halogens is 1. The molecule has 1 aliphatic rings. The van der Waals surface area contributed by atoms with E-state index in [4.69, 9.17) is 22.1 Å². The van der Waals surface area contributed by atoms with E-state index in [-0.39, 0.29) is 11.0 Å². The van der Waals surface area contributed by atoms with Gasteiger partial charge in [-0.25, -0.2) is 0 Å². The Balaban J connectivity index is 2.54. The summed E-state index contributed by atoms with van der Waals surface area (Å²) in [6.45, 7) is 4.49. The van der Waals surface area contributed by atoms with E-state index in [0.717, 1.165) is 35.6 Å². The van der Waals surface area contributed by atoms with Gasteiger partial charge in [0.1, 0.15) is 5.75 Å². The summed E-state index contributed by atoms with van der Waals surface area (Å²) >= 11 is 6.14. The summed E-state index contributed by atoms with van der Waals surface area (Å²) in [5, 5.41) is 0.719. The zero-order chi connectivity index (χ0) is 13.4. The van der Waals surface area contributed by atoms with Gasteiger partial charge in [-0.15, -0.1) is 0 Å². The van der Waals surface area contributed by atoms with E-state index in [1.165, 1.54) is 6.42 Å². The molecule has 1 unspecified atom stereocenters. The van der Waals surface area contributed by atoms with Crippen LogP contribution in [0.3, 0.4) is 0 Å². The molecule has 2 rings (SSSR count). The zero-order valence-electron chi connectivity index (χ0n) is 11.4. The number of hydrogen-bond acceptors (Lipinski definition) is 2. The highest BCUT2D eigenvalue weighted by atomic mass is 35.5. The average molecular weight is 268 g/mol. The molecule has 0 heterocycles. The molecule has 1 fully saturated rings. The second-order valence-corrected chi connectivity index (χ2v) is 6.34. The zero-order valence-corrected chi connectivity index (χ0v) is 12.2. The molecule has 1 saturated carbocycles. The normalized spacial score (nSPS) is 26.9. The number of benzene rings is 1. The Bertz CT molecular complexity index is 444. The minimum absolute atomic E-state index is 0.0587. The molecule has 0 aliphatic heterocycles. The second kappa shape index (κ2) is 4.75. The molecule has 2 N–H and O–H groups in total. The summed E-state index contributed by atoms with van der Waals surface area (Å²) in [6, 6.07) is 5.73. The molecule has 1 aromatic rings. The SMILES string of the molecule is COc1ccc(Cl)cc1C1(N)CCCCC1(C)C. The van der Waals surface area contributed by atoms with Crippen molar-refractivity contribution in [3.8, 4) is 5.75 Å². The van der Waals surface area contributed by atoms with E-state index in [0.29, 0.717) is 0 Å². The van der Waals surface area contributed by atoms with Crippen molar-refractivity contribution in [1.82, 2.24) is 0 Å². The quantitative estimate of drug-likeness (QED) is 0.875. The summed E-state index contributed by atoms with van der Waals surface area (Å²) in [7, 11) is 1.69. The third kappa shape index (κ3) is 2.12. The van der Waals surface area contributed by atoms with Crippen molar-refractivity contribution in [3.63, 3.8) is 0 Å². The Hall–Kier alpha value is -0.730. The number of rotatable bonds is 2. The van der Waals surface area contributed by atoms with Crippen LogP contribution in [-0.2, 0) is 5.54 Å². The topological polar surface area (TPSA) is 35.2 Å². The van der Waals surface area contributed by atoms with E-state index < -0.39 is 0 Å². The molecule has 1 aliphatic carbocycles.